The molecule has 0 aromatic heterocycles. The molecule has 0 bridgehead atoms. The number of primary amides is 1. The standard InChI is InChI=1S/C25H29F2N3O5/c1-25(2)18-10-14(22(28)31)5-4-13(18)11-20(35-3)21(25)29-7-6-19(24(33)34)30-23(32)15-8-16(26)12-17(27)9-15/h4-5,8-10,12,19-21,29H,6-7,11H2,1-3H3,(H2,28,31)(H,30,32)(H,33,34)/t19-,20+,21+/m0/s1. The molecule has 0 heterocycles. The number of methoxy groups -OCH3 is 1. The summed E-state index contributed by atoms with van der Waals surface area (Å²) in [6, 6.07) is 6.08. The van der Waals surface area contributed by atoms with Gasteiger partial charge in [-0.1, -0.05) is 19.9 Å². The van der Waals surface area contributed by atoms with Crippen LogP contribution in [-0.4, -0.2) is 54.7 Å². The van der Waals surface area contributed by atoms with Crippen molar-refractivity contribution >= 4 is 17.8 Å². The maximum absolute atomic E-state index is 13.4. The van der Waals surface area contributed by atoms with Gasteiger partial charge in [-0.15, -0.1) is 0 Å². The molecule has 2 aromatic rings. The molecule has 0 saturated carbocycles. The molecule has 5 N–H and O–H groups in total. The quantitative estimate of drug-likeness (QED) is 0.427. The zero-order valence-electron chi connectivity index (χ0n) is 19.7. The molecule has 3 atom stereocenters. The van der Waals surface area contributed by atoms with E-state index in [1.807, 2.05) is 19.9 Å². The van der Waals surface area contributed by atoms with Crippen molar-refractivity contribution in [3.05, 3.63) is 70.3 Å². The van der Waals surface area contributed by atoms with Gasteiger partial charge in [-0.05, 0) is 48.4 Å². The van der Waals surface area contributed by atoms with Crippen molar-refractivity contribution in [2.75, 3.05) is 13.7 Å². The predicted octanol–water partition coefficient (Wildman–Crippen LogP) is 2.14. The molecular formula is C25H29F2N3O5. The van der Waals surface area contributed by atoms with Crippen LogP contribution in [0.15, 0.2) is 36.4 Å². The number of amides is 2. The van der Waals surface area contributed by atoms with Gasteiger partial charge in [0.1, 0.15) is 17.7 Å². The molecular weight excluding hydrogens is 460 g/mol. The van der Waals surface area contributed by atoms with Crippen LogP contribution < -0.4 is 16.4 Å². The number of carboxylic acids is 1. The minimum absolute atomic E-state index is 0.00999. The molecule has 3 rings (SSSR count). The van der Waals surface area contributed by atoms with Crippen molar-refractivity contribution in [2.45, 2.75) is 50.3 Å². The van der Waals surface area contributed by atoms with E-state index in [-0.39, 0.29) is 30.7 Å². The Morgan fingerprint density at radius 3 is 2.37 bits per heavy atom. The summed E-state index contributed by atoms with van der Waals surface area (Å²) >= 11 is 0. The summed E-state index contributed by atoms with van der Waals surface area (Å²) in [6.07, 6.45) is 0.358. The van der Waals surface area contributed by atoms with Gasteiger partial charge < -0.3 is 26.2 Å². The second-order valence-electron chi connectivity index (χ2n) is 9.18. The first-order valence-electron chi connectivity index (χ1n) is 11.1. The second-order valence-corrected chi connectivity index (χ2v) is 9.18. The average molecular weight is 490 g/mol. The molecule has 0 spiro atoms. The Labute approximate surface area is 201 Å². The lowest BCUT2D eigenvalue weighted by Gasteiger charge is -2.45. The van der Waals surface area contributed by atoms with Gasteiger partial charge in [0.2, 0.25) is 5.91 Å². The van der Waals surface area contributed by atoms with Gasteiger partial charge in [-0.25, -0.2) is 13.6 Å². The summed E-state index contributed by atoms with van der Waals surface area (Å²) in [5.41, 5.74) is 7.01. The number of hydrogen-bond donors (Lipinski definition) is 4. The highest BCUT2D eigenvalue weighted by atomic mass is 19.1. The highest BCUT2D eigenvalue weighted by molar-refractivity contribution is 5.96. The highest BCUT2D eigenvalue weighted by Gasteiger charge is 2.42. The molecule has 1 aliphatic carbocycles. The number of ether oxygens (including phenoxy) is 1. The normalized spacial score (nSPS) is 19.5. The van der Waals surface area contributed by atoms with Gasteiger partial charge in [0, 0.05) is 42.2 Å². The fraction of sp³-hybridized carbons (Fsp3) is 0.400. The first kappa shape index (κ1) is 26.2. The minimum atomic E-state index is -1.29. The van der Waals surface area contributed by atoms with E-state index in [4.69, 9.17) is 10.5 Å². The van der Waals surface area contributed by atoms with Crippen LogP contribution >= 0.6 is 0 Å². The SMILES string of the molecule is CO[C@@H]1Cc2ccc(C(N)=O)cc2C(C)(C)[C@@H]1NCC[C@H](NC(=O)c1cc(F)cc(F)c1)C(=O)O. The van der Waals surface area contributed by atoms with Crippen LogP contribution in [0.4, 0.5) is 8.78 Å². The van der Waals surface area contributed by atoms with E-state index in [0.29, 0.717) is 18.1 Å². The largest absolute Gasteiger partial charge is 0.480 e. The lowest BCUT2D eigenvalue weighted by molar-refractivity contribution is -0.139. The van der Waals surface area contributed by atoms with Crippen molar-refractivity contribution in [2.24, 2.45) is 5.73 Å². The summed E-state index contributed by atoms with van der Waals surface area (Å²) in [4.78, 5) is 35.8. The van der Waals surface area contributed by atoms with Gasteiger partial charge in [0.25, 0.3) is 5.91 Å². The molecule has 0 fully saturated rings. The monoisotopic (exact) mass is 489 g/mol. The van der Waals surface area contributed by atoms with E-state index in [2.05, 4.69) is 10.6 Å². The van der Waals surface area contributed by atoms with E-state index in [1.54, 1.807) is 19.2 Å². The lowest BCUT2D eigenvalue weighted by atomic mass is 9.67. The molecule has 35 heavy (non-hydrogen) atoms. The smallest absolute Gasteiger partial charge is 0.326 e. The number of nitrogens with one attached hydrogen (secondary N) is 2. The number of rotatable bonds is 9. The third-order valence-corrected chi connectivity index (χ3v) is 6.49. The third kappa shape index (κ3) is 5.83. The van der Waals surface area contributed by atoms with Crippen molar-refractivity contribution in [3.63, 3.8) is 0 Å². The van der Waals surface area contributed by atoms with Gasteiger partial charge in [-0.2, -0.15) is 0 Å². The van der Waals surface area contributed by atoms with Crippen LogP contribution in [0.1, 0.15) is 52.1 Å². The summed E-state index contributed by atoms with van der Waals surface area (Å²) in [5.74, 6) is -4.57. The topological polar surface area (TPSA) is 131 Å². The molecule has 188 valence electrons. The predicted molar refractivity (Wildman–Crippen MR) is 124 cm³/mol. The maximum Gasteiger partial charge on any atom is 0.326 e. The Bertz CT molecular complexity index is 1120. The third-order valence-electron chi connectivity index (χ3n) is 6.49. The number of benzene rings is 2. The Morgan fingerprint density at radius 2 is 1.80 bits per heavy atom. The van der Waals surface area contributed by atoms with Crippen molar-refractivity contribution in [1.29, 1.82) is 0 Å². The molecule has 8 nitrogen and oxygen atoms in total. The Kier molecular flexibility index (Phi) is 7.86. The number of nitrogens with two attached hydrogens (primary N) is 1. The molecule has 1 aliphatic rings. The first-order chi connectivity index (χ1) is 16.4. The van der Waals surface area contributed by atoms with E-state index in [0.717, 1.165) is 23.3 Å². The Balaban J connectivity index is 1.72. The number of aliphatic carboxylic acids is 1. The Morgan fingerprint density at radius 1 is 1.14 bits per heavy atom. The van der Waals surface area contributed by atoms with Crippen molar-refractivity contribution < 1.29 is 33.0 Å². The fourth-order valence-electron chi connectivity index (χ4n) is 4.65. The summed E-state index contributed by atoms with van der Waals surface area (Å²) in [5, 5.41) is 15.2. The molecule has 0 aliphatic heterocycles. The summed E-state index contributed by atoms with van der Waals surface area (Å²) in [6.45, 7) is 4.19. The van der Waals surface area contributed by atoms with Crippen LogP contribution in [-0.2, 0) is 21.4 Å². The molecule has 0 unspecified atom stereocenters. The highest BCUT2D eigenvalue weighted by Crippen LogP contribution is 2.38. The lowest BCUT2D eigenvalue weighted by Crippen LogP contribution is -2.57. The maximum atomic E-state index is 13.4. The number of fused-ring (bicyclic) bond motifs is 1. The van der Waals surface area contributed by atoms with Gasteiger partial charge in [0.05, 0.1) is 6.10 Å². The number of hydrogen-bond acceptors (Lipinski definition) is 5. The molecule has 2 amide bonds. The van der Waals surface area contributed by atoms with E-state index < -0.39 is 40.9 Å². The molecule has 0 radical (unpaired) electrons. The zero-order chi connectivity index (χ0) is 25.9. The zero-order valence-corrected chi connectivity index (χ0v) is 19.7. The molecule has 2 aromatic carbocycles. The van der Waals surface area contributed by atoms with Gasteiger partial charge in [-0.3, -0.25) is 9.59 Å². The number of carbonyl (C=O) groups is 3. The van der Waals surface area contributed by atoms with Crippen LogP contribution in [0.3, 0.4) is 0 Å². The molecule has 0 saturated heterocycles. The van der Waals surface area contributed by atoms with E-state index >= 15 is 0 Å². The van der Waals surface area contributed by atoms with Crippen LogP contribution in [0.25, 0.3) is 0 Å². The Hall–Kier alpha value is -3.37. The summed E-state index contributed by atoms with van der Waals surface area (Å²) < 4.78 is 32.6. The number of halogens is 2. The van der Waals surface area contributed by atoms with Crippen LogP contribution in [0, 0.1) is 11.6 Å². The number of carbonyl (C=O) groups excluding carboxylic acids is 2. The summed E-state index contributed by atoms with van der Waals surface area (Å²) in [7, 11) is 1.59. The number of carboxylic acid groups (broad SMARTS) is 1. The molecule has 10 heteroatoms. The first-order valence-corrected chi connectivity index (χ1v) is 11.1. The van der Waals surface area contributed by atoms with E-state index in [1.165, 1.54) is 0 Å². The van der Waals surface area contributed by atoms with Crippen LogP contribution in [0.2, 0.25) is 0 Å². The minimum Gasteiger partial charge on any atom is -0.480 e. The van der Waals surface area contributed by atoms with Crippen molar-refractivity contribution in [1.82, 2.24) is 10.6 Å². The van der Waals surface area contributed by atoms with Crippen LogP contribution in [0.5, 0.6) is 0 Å². The van der Waals surface area contributed by atoms with Crippen molar-refractivity contribution in [3.8, 4) is 0 Å². The fourth-order valence-corrected chi connectivity index (χ4v) is 4.65. The van der Waals surface area contributed by atoms with Gasteiger partial charge in [0.15, 0.2) is 0 Å². The van der Waals surface area contributed by atoms with E-state index in [9.17, 15) is 28.3 Å². The second kappa shape index (κ2) is 10.5. The average Bonchev–Trinajstić information content (AvgIpc) is 2.78. The van der Waals surface area contributed by atoms with Gasteiger partial charge >= 0.3 is 5.97 Å².